The fraction of sp³-hybridized carbons (Fsp3) is 0.400. The highest BCUT2D eigenvalue weighted by Crippen LogP contribution is 2.35. The van der Waals surface area contributed by atoms with Crippen LogP contribution in [0.25, 0.3) is 0 Å². The summed E-state index contributed by atoms with van der Waals surface area (Å²) in [5.41, 5.74) is -0.639. The minimum Gasteiger partial charge on any atom is -0.481 e. The van der Waals surface area contributed by atoms with E-state index in [1.165, 1.54) is 13.8 Å². The number of aliphatic carboxylic acids is 1. The van der Waals surface area contributed by atoms with Gasteiger partial charge in [0.25, 0.3) is 5.91 Å². The third-order valence-electron chi connectivity index (χ3n) is 3.44. The van der Waals surface area contributed by atoms with Crippen LogP contribution in [0.3, 0.4) is 0 Å². The number of carboxylic acids is 1. The van der Waals surface area contributed by atoms with Crippen molar-refractivity contribution >= 4 is 17.7 Å². The predicted molar refractivity (Wildman–Crippen MR) is 74.3 cm³/mol. The minimum atomic E-state index is -1.13. The third-order valence-corrected chi connectivity index (χ3v) is 3.44. The molecule has 1 atom stereocenters. The highest BCUT2D eigenvalue weighted by Gasteiger charge is 2.52. The Morgan fingerprint density at radius 3 is 2.52 bits per heavy atom. The smallest absolute Gasteiger partial charge is 0.329 e. The first kappa shape index (κ1) is 15.0. The Labute approximate surface area is 122 Å². The van der Waals surface area contributed by atoms with Crippen molar-refractivity contribution in [2.75, 3.05) is 0 Å². The van der Waals surface area contributed by atoms with Gasteiger partial charge in [-0.05, 0) is 38.8 Å². The summed E-state index contributed by atoms with van der Waals surface area (Å²) in [6.07, 6.45) is 0.0188. The molecule has 1 aromatic rings. The molecule has 1 amide bonds. The SMILES string of the molecule is CC(=O)c1cccc(OC(C)C(=O)NC2(C(=O)O)CC2)c1. The van der Waals surface area contributed by atoms with Crippen molar-refractivity contribution in [2.45, 2.75) is 38.3 Å². The highest BCUT2D eigenvalue weighted by molar-refractivity contribution is 5.94. The zero-order valence-electron chi connectivity index (χ0n) is 11.9. The quantitative estimate of drug-likeness (QED) is 0.773. The number of ether oxygens (including phenoxy) is 1. The zero-order chi connectivity index (χ0) is 15.6. The van der Waals surface area contributed by atoms with Crippen LogP contribution in [0.1, 0.15) is 37.0 Å². The van der Waals surface area contributed by atoms with E-state index in [9.17, 15) is 14.4 Å². The average Bonchev–Trinajstić information content (AvgIpc) is 3.20. The summed E-state index contributed by atoms with van der Waals surface area (Å²) in [6, 6.07) is 6.51. The number of nitrogens with one attached hydrogen (secondary N) is 1. The number of carboxylic acid groups (broad SMARTS) is 1. The van der Waals surface area contributed by atoms with Crippen LogP contribution < -0.4 is 10.1 Å². The molecule has 0 heterocycles. The molecular weight excluding hydrogens is 274 g/mol. The number of hydrogen-bond acceptors (Lipinski definition) is 4. The van der Waals surface area contributed by atoms with Crippen molar-refractivity contribution in [3.63, 3.8) is 0 Å². The maximum absolute atomic E-state index is 12.0. The first-order valence-electron chi connectivity index (χ1n) is 6.67. The Balaban J connectivity index is 1.99. The molecule has 1 fully saturated rings. The largest absolute Gasteiger partial charge is 0.481 e. The van der Waals surface area contributed by atoms with Crippen molar-refractivity contribution in [3.05, 3.63) is 29.8 Å². The summed E-state index contributed by atoms with van der Waals surface area (Å²) in [5, 5.41) is 11.5. The molecule has 0 aromatic heterocycles. The fourth-order valence-corrected chi connectivity index (χ4v) is 1.90. The van der Waals surface area contributed by atoms with Gasteiger partial charge in [-0.15, -0.1) is 0 Å². The molecule has 0 saturated heterocycles. The van der Waals surface area contributed by atoms with Gasteiger partial charge in [0.1, 0.15) is 11.3 Å². The van der Waals surface area contributed by atoms with E-state index in [1.807, 2.05) is 0 Å². The van der Waals surface area contributed by atoms with Gasteiger partial charge in [0.2, 0.25) is 0 Å². The molecule has 21 heavy (non-hydrogen) atoms. The number of carbonyl (C=O) groups is 3. The van der Waals surface area contributed by atoms with E-state index < -0.39 is 23.5 Å². The van der Waals surface area contributed by atoms with Gasteiger partial charge in [0, 0.05) is 5.56 Å². The number of benzene rings is 1. The van der Waals surface area contributed by atoms with Gasteiger partial charge in [-0.25, -0.2) is 4.79 Å². The summed E-state index contributed by atoms with van der Waals surface area (Å²) in [6.45, 7) is 2.98. The van der Waals surface area contributed by atoms with Gasteiger partial charge in [-0.1, -0.05) is 12.1 Å². The predicted octanol–water partition coefficient (Wildman–Crippen LogP) is 1.39. The molecule has 0 radical (unpaired) electrons. The number of rotatable bonds is 6. The summed E-state index contributed by atoms with van der Waals surface area (Å²) in [7, 11) is 0. The molecule has 1 aromatic carbocycles. The van der Waals surface area contributed by atoms with Gasteiger partial charge < -0.3 is 15.2 Å². The third kappa shape index (κ3) is 3.39. The monoisotopic (exact) mass is 291 g/mol. The maximum atomic E-state index is 12.0. The summed E-state index contributed by atoms with van der Waals surface area (Å²) < 4.78 is 5.46. The lowest BCUT2D eigenvalue weighted by atomic mass is 10.1. The Morgan fingerprint density at radius 2 is 2.00 bits per heavy atom. The van der Waals surface area contributed by atoms with E-state index in [0.29, 0.717) is 24.2 Å². The molecule has 1 saturated carbocycles. The lowest BCUT2D eigenvalue weighted by Crippen LogP contribution is -2.48. The Kier molecular flexibility index (Phi) is 3.97. The second-order valence-electron chi connectivity index (χ2n) is 5.22. The average molecular weight is 291 g/mol. The first-order chi connectivity index (χ1) is 9.84. The lowest BCUT2D eigenvalue weighted by molar-refractivity contribution is -0.144. The van der Waals surface area contributed by atoms with Crippen molar-refractivity contribution < 1.29 is 24.2 Å². The Morgan fingerprint density at radius 1 is 1.33 bits per heavy atom. The molecule has 6 heteroatoms. The summed E-state index contributed by atoms with van der Waals surface area (Å²) in [5.74, 6) is -1.21. The van der Waals surface area contributed by atoms with Crippen LogP contribution in [0.2, 0.25) is 0 Å². The van der Waals surface area contributed by atoms with Crippen molar-refractivity contribution in [1.29, 1.82) is 0 Å². The van der Waals surface area contributed by atoms with Crippen LogP contribution in [0.15, 0.2) is 24.3 Å². The lowest BCUT2D eigenvalue weighted by Gasteiger charge is -2.18. The van der Waals surface area contributed by atoms with E-state index in [1.54, 1.807) is 24.3 Å². The molecular formula is C15H17NO5. The van der Waals surface area contributed by atoms with Crippen LogP contribution in [0.4, 0.5) is 0 Å². The van der Waals surface area contributed by atoms with E-state index in [2.05, 4.69) is 5.32 Å². The van der Waals surface area contributed by atoms with E-state index in [0.717, 1.165) is 0 Å². The van der Waals surface area contributed by atoms with Crippen molar-refractivity contribution in [2.24, 2.45) is 0 Å². The summed E-state index contributed by atoms with van der Waals surface area (Å²) >= 11 is 0. The van der Waals surface area contributed by atoms with Crippen LogP contribution >= 0.6 is 0 Å². The number of carbonyl (C=O) groups excluding carboxylic acids is 2. The minimum absolute atomic E-state index is 0.0969. The van der Waals surface area contributed by atoms with E-state index >= 15 is 0 Å². The number of hydrogen-bond donors (Lipinski definition) is 2. The van der Waals surface area contributed by atoms with Crippen LogP contribution in [0, 0.1) is 0 Å². The second-order valence-corrected chi connectivity index (χ2v) is 5.22. The number of ketones is 1. The molecule has 0 bridgehead atoms. The van der Waals surface area contributed by atoms with Gasteiger partial charge in [-0.3, -0.25) is 9.59 Å². The molecule has 0 spiro atoms. The highest BCUT2D eigenvalue weighted by atomic mass is 16.5. The topological polar surface area (TPSA) is 92.7 Å². The normalized spacial score (nSPS) is 16.7. The van der Waals surface area contributed by atoms with Crippen LogP contribution in [-0.4, -0.2) is 34.4 Å². The maximum Gasteiger partial charge on any atom is 0.329 e. The molecule has 112 valence electrons. The first-order valence-corrected chi connectivity index (χ1v) is 6.67. The molecule has 1 aliphatic carbocycles. The molecule has 2 N–H and O–H groups in total. The van der Waals surface area contributed by atoms with E-state index in [-0.39, 0.29) is 5.78 Å². The second kappa shape index (κ2) is 5.55. The number of Topliss-reactive ketones (excluding diaryl/α,β-unsaturated/α-hetero) is 1. The van der Waals surface area contributed by atoms with Gasteiger partial charge in [0.05, 0.1) is 0 Å². The summed E-state index contributed by atoms with van der Waals surface area (Å²) in [4.78, 5) is 34.3. The van der Waals surface area contributed by atoms with Gasteiger partial charge in [-0.2, -0.15) is 0 Å². The fourth-order valence-electron chi connectivity index (χ4n) is 1.90. The Bertz CT molecular complexity index is 591. The van der Waals surface area contributed by atoms with Crippen LogP contribution in [0.5, 0.6) is 5.75 Å². The number of amides is 1. The van der Waals surface area contributed by atoms with Gasteiger partial charge in [0.15, 0.2) is 11.9 Å². The standard InChI is InChI=1S/C15H17NO5/c1-9(17)11-4-3-5-12(8-11)21-10(2)13(18)16-15(6-7-15)14(19)20/h3-5,8,10H,6-7H2,1-2H3,(H,16,18)(H,19,20). The molecule has 2 rings (SSSR count). The van der Waals surface area contributed by atoms with Gasteiger partial charge >= 0.3 is 5.97 Å². The Hall–Kier alpha value is -2.37. The molecule has 6 nitrogen and oxygen atoms in total. The van der Waals surface area contributed by atoms with Crippen molar-refractivity contribution in [3.8, 4) is 5.75 Å². The van der Waals surface area contributed by atoms with Crippen LogP contribution in [-0.2, 0) is 9.59 Å². The molecule has 1 aliphatic rings. The van der Waals surface area contributed by atoms with Crippen molar-refractivity contribution in [1.82, 2.24) is 5.32 Å². The molecule has 1 unspecified atom stereocenters. The van der Waals surface area contributed by atoms with E-state index in [4.69, 9.17) is 9.84 Å². The molecule has 0 aliphatic heterocycles. The zero-order valence-corrected chi connectivity index (χ0v) is 11.9.